The Kier molecular flexibility index (Phi) is 2.26. The molecule has 0 amide bonds. The Balaban J connectivity index is 2.74. The predicted octanol–water partition coefficient (Wildman–Crippen LogP) is 0.320. The number of nitrogens with two attached hydrogens (primary N) is 1. The predicted molar refractivity (Wildman–Crippen MR) is 35.5 cm³/mol. The van der Waals surface area contributed by atoms with Crippen molar-refractivity contribution in [2.45, 2.75) is 6.10 Å². The van der Waals surface area contributed by atoms with Crippen LogP contribution in [0.2, 0.25) is 5.35 Å². The van der Waals surface area contributed by atoms with Gasteiger partial charge in [0.1, 0.15) is 6.10 Å². The second-order valence-electron chi connectivity index (χ2n) is 1.77. The fraction of sp³-hybridized carbons (Fsp3) is 0.400. The summed E-state index contributed by atoms with van der Waals surface area (Å²) in [6.45, 7) is 0.103. The number of hydrogen-bond donors (Lipinski definition) is 2. The zero-order chi connectivity index (χ0) is 7.56. The van der Waals surface area contributed by atoms with E-state index < -0.39 is 6.10 Å². The molecule has 1 rings (SSSR count). The molecule has 0 aliphatic carbocycles. The number of halogens is 1. The first-order chi connectivity index (χ1) is 4.74. The van der Waals surface area contributed by atoms with Crippen molar-refractivity contribution in [1.82, 2.24) is 4.98 Å². The SMILES string of the molecule is NCC(O)c1cnc(Cl)o1. The summed E-state index contributed by atoms with van der Waals surface area (Å²) in [7, 11) is 0. The Bertz CT molecular complexity index is 213. The summed E-state index contributed by atoms with van der Waals surface area (Å²) >= 11 is 5.33. The lowest BCUT2D eigenvalue weighted by Crippen LogP contribution is -2.10. The Morgan fingerprint density at radius 1 is 1.90 bits per heavy atom. The van der Waals surface area contributed by atoms with Crippen LogP contribution in [0.4, 0.5) is 0 Å². The lowest BCUT2D eigenvalue weighted by molar-refractivity contribution is 0.158. The Morgan fingerprint density at radius 3 is 3.00 bits per heavy atom. The minimum absolute atomic E-state index is 0.0162. The number of nitrogens with zero attached hydrogens (tertiary/aromatic N) is 1. The molecular weight excluding hydrogens is 156 g/mol. The van der Waals surface area contributed by atoms with Crippen molar-refractivity contribution in [3.05, 3.63) is 17.3 Å². The van der Waals surface area contributed by atoms with Gasteiger partial charge in [0.25, 0.3) is 5.35 Å². The van der Waals surface area contributed by atoms with Gasteiger partial charge in [-0.2, -0.15) is 0 Å². The molecule has 0 bridgehead atoms. The summed E-state index contributed by atoms with van der Waals surface area (Å²) in [6, 6.07) is 0. The highest BCUT2D eigenvalue weighted by molar-refractivity contribution is 6.27. The number of aliphatic hydroxyl groups excluding tert-OH is 1. The third kappa shape index (κ3) is 1.47. The van der Waals surface area contributed by atoms with Gasteiger partial charge in [0, 0.05) is 6.54 Å². The van der Waals surface area contributed by atoms with Gasteiger partial charge in [-0.1, -0.05) is 0 Å². The van der Waals surface area contributed by atoms with E-state index in [1.807, 2.05) is 0 Å². The fourth-order valence-electron chi connectivity index (χ4n) is 0.535. The molecule has 4 nitrogen and oxygen atoms in total. The summed E-state index contributed by atoms with van der Waals surface area (Å²) in [6.07, 6.45) is 0.542. The van der Waals surface area contributed by atoms with Crippen molar-refractivity contribution >= 4 is 11.6 Å². The van der Waals surface area contributed by atoms with E-state index in [1.54, 1.807) is 0 Å². The van der Waals surface area contributed by atoms with Crippen LogP contribution in [-0.2, 0) is 0 Å². The average Bonchev–Trinajstić information content (AvgIpc) is 2.34. The van der Waals surface area contributed by atoms with Crippen LogP contribution in [0, 0.1) is 0 Å². The molecule has 5 heteroatoms. The van der Waals surface area contributed by atoms with Crippen LogP contribution in [-0.4, -0.2) is 16.6 Å². The number of hydrogen-bond acceptors (Lipinski definition) is 4. The Labute approximate surface area is 62.6 Å². The van der Waals surface area contributed by atoms with Crippen LogP contribution in [0.25, 0.3) is 0 Å². The van der Waals surface area contributed by atoms with Crippen LogP contribution in [0.1, 0.15) is 11.9 Å². The van der Waals surface area contributed by atoms with Crippen LogP contribution in [0.3, 0.4) is 0 Å². The third-order valence-electron chi connectivity index (χ3n) is 1.05. The first-order valence-corrected chi connectivity index (χ1v) is 3.11. The first kappa shape index (κ1) is 7.53. The highest BCUT2D eigenvalue weighted by Crippen LogP contribution is 2.15. The summed E-state index contributed by atoms with van der Waals surface area (Å²) in [5.41, 5.74) is 5.13. The molecule has 0 saturated heterocycles. The van der Waals surface area contributed by atoms with E-state index in [0.29, 0.717) is 5.76 Å². The number of aliphatic hydroxyl groups is 1. The van der Waals surface area contributed by atoms with Crippen molar-refractivity contribution in [2.75, 3.05) is 6.54 Å². The monoisotopic (exact) mass is 162 g/mol. The van der Waals surface area contributed by atoms with Gasteiger partial charge in [-0.05, 0) is 11.6 Å². The molecule has 1 aromatic heterocycles. The average molecular weight is 163 g/mol. The summed E-state index contributed by atoms with van der Waals surface area (Å²) in [4.78, 5) is 3.57. The highest BCUT2D eigenvalue weighted by atomic mass is 35.5. The van der Waals surface area contributed by atoms with Crippen molar-refractivity contribution in [3.8, 4) is 0 Å². The van der Waals surface area contributed by atoms with E-state index in [4.69, 9.17) is 26.9 Å². The third-order valence-corrected chi connectivity index (χ3v) is 1.22. The van der Waals surface area contributed by atoms with E-state index in [0.717, 1.165) is 0 Å². The van der Waals surface area contributed by atoms with Gasteiger partial charge >= 0.3 is 0 Å². The van der Waals surface area contributed by atoms with Gasteiger partial charge in [-0.25, -0.2) is 4.98 Å². The second kappa shape index (κ2) is 3.01. The van der Waals surface area contributed by atoms with E-state index in [1.165, 1.54) is 6.20 Å². The normalized spacial score (nSPS) is 13.5. The van der Waals surface area contributed by atoms with Crippen molar-refractivity contribution < 1.29 is 9.52 Å². The van der Waals surface area contributed by atoms with Crippen molar-refractivity contribution in [2.24, 2.45) is 5.73 Å². The van der Waals surface area contributed by atoms with Crippen molar-refractivity contribution in [1.29, 1.82) is 0 Å². The summed E-state index contributed by atoms with van der Waals surface area (Å²) in [5.74, 6) is 0.299. The maximum atomic E-state index is 9.03. The van der Waals surface area contributed by atoms with Crippen LogP contribution in [0.5, 0.6) is 0 Å². The van der Waals surface area contributed by atoms with E-state index in [-0.39, 0.29) is 11.9 Å². The molecule has 0 aliphatic heterocycles. The summed E-state index contributed by atoms with van der Waals surface area (Å²) in [5, 5.41) is 9.04. The quantitative estimate of drug-likeness (QED) is 0.657. The molecule has 1 heterocycles. The Hall–Kier alpha value is -0.580. The molecule has 10 heavy (non-hydrogen) atoms. The van der Waals surface area contributed by atoms with E-state index >= 15 is 0 Å². The van der Waals surface area contributed by atoms with E-state index in [2.05, 4.69) is 4.98 Å². The summed E-state index contributed by atoms with van der Waals surface area (Å²) < 4.78 is 4.76. The zero-order valence-electron chi connectivity index (χ0n) is 5.12. The molecule has 3 N–H and O–H groups in total. The maximum Gasteiger partial charge on any atom is 0.292 e. The van der Waals surface area contributed by atoms with E-state index in [9.17, 15) is 0 Å². The van der Waals surface area contributed by atoms with Gasteiger partial charge in [-0.15, -0.1) is 0 Å². The number of aromatic nitrogens is 1. The van der Waals surface area contributed by atoms with Crippen LogP contribution >= 0.6 is 11.6 Å². The minimum Gasteiger partial charge on any atom is -0.430 e. The fourth-order valence-corrected chi connectivity index (χ4v) is 0.672. The molecule has 1 aromatic rings. The van der Waals surface area contributed by atoms with Gasteiger partial charge in [-0.3, -0.25) is 0 Å². The lowest BCUT2D eigenvalue weighted by Gasteiger charge is -1.99. The molecule has 56 valence electrons. The Morgan fingerprint density at radius 2 is 2.60 bits per heavy atom. The topological polar surface area (TPSA) is 72.3 Å². The minimum atomic E-state index is -0.806. The van der Waals surface area contributed by atoms with Gasteiger partial charge in [0.05, 0.1) is 6.20 Å². The standard InChI is InChI=1S/C5H7ClN2O2/c6-5-8-2-4(10-5)3(9)1-7/h2-3,9H,1,7H2. The van der Waals surface area contributed by atoms with Gasteiger partial charge < -0.3 is 15.3 Å². The first-order valence-electron chi connectivity index (χ1n) is 2.73. The maximum absolute atomic E-state index is 9.03. The van der Waals surface area contributed by atoms with Gasteiger partial charge in [0.2, 0.25) is 0 Å². The molecule has 0 spiro atoms. The number of rotatable bonds is 2. The zero-order valence-corrected chi connectivity index (χ0v) is 5.88. The molecule has 0 aliphatic rings. The molecular formula is C5H7ClN2O2. The van der Waals surface area contributed by atoms with Crippen LogP contribution < -0.4 is 5.73 Å². The molecule has 0 saturated carbocycles. The molecule has 0 radical (unpaired) electrons. The molecule has 1 unspecified atom stereocenters. The van der Waals surface area contributed by atoms with Crippen molar-refractivity contribution in [3.63, 3.8) is 0 Å². The number of oxazole rings is 1. The smallest absolute Gasteiger partial charge is 0.292 e. The second-order valence-corrected chi connectivity index (χ2v) is 2.09. The largest absolute Gasteiger partial charge is 0.430 e. The van der Waals surface area contributed by atoms with Gasteiger partial charge in [0.15, 0.2) is 5.76 Å². The molecule has 1 atom stereocenters. The van der Waals surface area contributed by atoms with Crippen LogP contribution in [0.15, 0.2) is 10.6 Å². The molecule has 0 fully saturated rings. The lowest BCUT2D eigenvalue weighted by atomic mass is 10.3. The highest BCUT2D eigenvalue weighted by Gasteiger charge is 2.09. The molecule has 0 aromatic carbocycles.